The highest BCUT2D eigenvalue weighted by atomic mass is 16.5. The van der Waals surface area contributed by atoms with E-state index in [-0.39, 0.29) is 6.10 Å². The van der Waals surface area contributed by atoms with Gasteiger partial charge in [-0.2, -0.15) is 0 Å². The molecule has 0 radical (unpaired) electrons. The molecule has 0 aromatic rings. The fourth-order valence-corrected chi connectivity index (χ4v) is 3.15. The Balaban J connectivity index is 3.14. The Morgan fingerprint density at radius 1 is 0.769 bits per heavy atom. The van der Waals surface area contributed by atoms with Gasteiger partial charge in [-0.25, -0.2) is 0 Å². The van der Waals surface area contributed by atoms with Crippen LogP contribution in [-0.4, -0.2) is 50.0 Å². The van der Waals surface area contributed by atoms with Crippen molar-refractivity contribution in [1.29, 1.82) is 0 Å². The predicted molar refractivity (Wildman–Crippen MR) is 115 cm³/mol. The average molecular weight is 370 g/mol. The van der Waals surface area contributed by atoms with Crippen LogP contribution in [0.2, 0.25) is 0 Å². The highest BCUT2D eigenvalue weighted by Gasteiger charge is 2.04. The van der Waals surface area contributed by atoms with Crippen LogP contribution < -0.4 is 0 Å². The van der Waals surface area contributed by atoms with Gasteiger partial charge in [-0.3, -0.25) is 0 Å². The lowest BCUT2D eigenvalue weighted by molar-refractivity contribution is 0.0229. The number of aliphatic hydroxyl groups excluding tert-OH is 1. The molecule has 0 amide bonds. The van der Waals surface area contributed by atoms with Crippen molar-refractivity contribution < 1.29 is 9.84 Å². The van der Waals surface area contributed by atoms with Crippen LogP contribution in [0.25, 0.3) is 0 Å². The molecule has 26 heavy (non-hydrogen) atoms. The molecule has 0 fully saturated rings. The second-order valence-corrected chi connectivity index (χ2v) is 7.93. The van der Waals surface area contributed by atoms with Crippen molar-refractivity contribution in [1.82, 2.24) is 4.90 Å². The predicted octanol–water partition coefficient (Wildman–Crippen LogP) is 5.96. The molecule has 0 aliphatic heterocycles. The second kappa shape index (κ2) is 20.9. The number of likely N-dealkylation sites (N-methyl/N-ethyl adjacent to an activating group) is 1. The Hall–Kier alpha value is -0.380. The van der Waals surface area contributed by atoms with Crippen LogP contribution in [0.15, 0.2) is 12.2 Å². The minimum Gasteiger partial charge on any atom is -0.389 e. The average Bonchev–Trinajstić information content (AvgIpc) is 2.60. The maximum absolute atomic E-state index is 9.68. The number of ether oxygens (including phenoxy) is 1. The molecule has 0 aliphatic rings. The topological polar surface area (TPSA) is 32.7 Å². The monoisotopic (exact) mass is 369 g/mol. The quantitative estimate of drug-likeness (QED) is 0.212. The lowest BCUT2D eigenvalue weighted by atomic mass is 10.1. The van der Waals surface area contributed by atoms with Crippen molar-refractivity contribution in [3.05, 3.63) is 12.2 Å². The smallest absolute Gasteiger partial charge is 0.0899 e. The van der Waals surface area contributed by atoms with E-state index in [2.05, 4.69) is 19.1 Å². The summed E-state index contributed by atoms with van der Waals surface area (Å²) in [4.78, 5) is 1.98. The van der Waals surface area contributed by atoms with Crippen LogP contribution in [-0.2, 0) is 4.74 Å². The van der Waals surface area contributed by atoms with E-state index in [4.69, 9.17) is 4.74 Å². The molecule has 0 aromatic heterocycles. The van der Waals surface area contributed by atoms with Crippen LogP contribution in [0.3, 0.4) is 0 Å². The highest BCUT2D eigenvalue weighted by molar-refractivity contribution is 4.81. The van der Waals surface area contributed by atoms with Crippen LogP contribution in [0.5, 0.6) is 0 Å². The number of aliphatic hydroxyl groups is 1. The SMILES string of the molecule is CCCCCCCC/C=C\CCCCCCCCOC[C@H](O)CN(C)C. The van der Waals surface area contributed by atoms with Gasteiger partial charge in [0, 0.05) is 13.2 Å². The first kappa shape index (κ1) is 25.6. The van der Waals surface area contributed by atoms with Crippen molar-refractivity contribution in [2.24, 2.45) is 0 Å². The Kier molecular flexibility index (Phi) is 20.6. The third-order valence-corrected chi connectivity index (χ3v) is 4.69. The normalized spacial score (nSPS) is 13.1. The van der Waals surface area contributed by atoms with E-state index in [1.165, 1.54) is 83.5 Å². The van der Waals surface area contributed by atoms with Crippen molar-refractivity contribution in [2.75, 3.05) is 33.9 Å². The van der Waals surface area contributed by atoms with Gasteiger partial charge in [-0.1, -0.05) is 76.9 Å². The third kappa shape index (κ3) is 21.7. The van der Waals surface area contributed by atoms with Crippen molar-refractivity contribution in [2.45, 2.75) is 103 Å². The van der Waals surface area contributed by atoms with Crippen LogP contribution in [0.4, 0.5) is 0 Å². The number of unbranched alkanes of at least 4 members (excludes halogenated alkanes) is 12. The van der Waals surface area contributed by atoms with Gasteiger partial charge in [0.15, 0.2) is 0 Å². The van der Waals surface area contributed by atoms with Gasteiger partial charge in [0.05, 0.1) is 12.7 Å². The maximum atomic E-state index is 9.68. The molecule has 156 valence electrons. The number of allylic oxidation sites excluding steroid dienone is 2. The lowest BCUT2D eigenvalue weighted by Gasteiger charge is -2.15. The summed E-state index contributed by atoms with van der Waals surface area (Å²) in [6.07, 6.45) is 23.0. The fraction of sp³-hybridized carbons (Fsp3) is 0.913. The minimum absolute atomic E-state index is 0.362. The fourth-order valence-electron chi connectivity index (χ4n) is 3.15. The number of hydrogen-bond acceptors (Lipinski definition) is 3. The number of rotatable bonds is 20. The molecule has 0 unspecified atom stereocenters. The van der Waals surface area contributed by atoms with Crippen molar-refractivity contribution in [3.8, 4) is 0 Å². The summed E-state index contributed by atoms with van der Waals surface area (Å²) in [7, 11) is 3.93. The standard InChI is InChI=1S/C23H47NO2/c1-4-5-6-7-8-9-10-11-12-13-14-15-16-17-18-19-20-26-22-23(25)21-24(2)3/h11-12,23,25H,4-10,13-22H2,1-3H3/b12-11-/t23-/m1/s1. The summed E-state index contributed by atoms with van der Waals surface area (Å²) in [5.41, 5.74) is 0. The third-order valence-electron chi connectivity index (χ3n) is 4.69. The zero-order valence-electron chi connectivity index (χ0n) is 18.1. The second-order valence-electron chi connectivity index (χ2n) is 7.93. The highest BCUT2D eigenvalue weighted by Crippen LogP contribution is 2.10. The molecule has 0 saturated heterocycles. The molecule has 0 aliphatic carbocycles. The Morgan fingerprint density at radius 2 is 1.27 bits per heavy atom. The van der Waals surface area contributed by atoms with E-state index in [9.17, 15) is 5.11 Å². The van der Waals surface area contributed by atoms with Crippen LogP contribution in [0.1, 0.15) is 96.8 Å². The molecule has 1 atom stereocenters. The van der Waals surface area contributed by atoms with Crippen LogP contribution in [0, 0.1) is 0 Å². The maximum Gasteiger partial charge on any atom is 0.0899 e. The molecule has 0 heterocycles. The minimum atomic E-state index is -0.362. The lowest BCUT2D eigenvalue weighted by Crippen LogP contribution is -2.29. The first-order valence-corrected chi connectivity index (χ1v) is 11.2. The first-order valence-electron chi connectivity index (χ1n) is 11.2. The van der Waals surface area contributed by atoms with Crippen molar-refractivity contribution in [3.63, 3.8) is 0 Å². The Morgan fingerprint density at radius 3 is 1.81 bits per heavy atom. The molecule has 3 heteroatoms. The summed E-state index contributed by atoms with van der Waals surface area (Å²) in [6.45, 7) is 4.19. The number of nitrogens with zero attached hydrogens (tertiary/aromatic N) is 1. The Labute approximate surface area is 164 Å². The molecule has 0 aromatic carbocycles. The van der Waals surface area contributed by atoms with Gasteiger partial charge in [0.2, 0.25) is 0 Å². The molecule has 0 saturated carbocycles. The largest absolute Gasteiger partial charge is 0.389 e. The van der Waals surface area contributed by atoms with Gasteiger partial charge in [0.1, 0.15) is 0 Å². The van der Waals surface area contributed by atoms with Gasteiger partial charge < -0.3 is 14.7 Å². The Bertz CT molecular complexity index is 292. The zero-order chi connectivity index (χ0) is 19.3. The van der Waals surface area contributed by atoms with E-state index in [0.29, 0.717) is 13.2 Å². The summed E-state index contributed by atoms with van der Waals surface area (Å²) < 4.78 is 5.53. The number of hydrogen-bond donors (Lipinski definition) is 1. The molecule has 0 rings (SSSR count). The van der Waals surface area contributed by atoms with Gasteiger partial charge >= 0.3 is 0 Å². The summed E-state index contributed by atoms with van der Waals surface area (Å²) in [5, 5.41) is 9.68. The molecular formula is C23H47NO2. The molecule has 1 N–H and O–H groups in total. The van der Waals surface area contributed by atoms with E-state index >= 15 is 0 Å². The van der Waals surface area contributed by atoms with Crippen LogP contribution >= 0.6 is 0 Å². The molecule has 3 nitrogen and oxygen atoms in total. The molecule has 0 spiro atoms. The van der Waals surface area contributed by atoms with Gasteiger partial charge in [-0.05, 0) is 46.2 Å². The van der Waals surface area contributed by atoms with Gasteiger partial charge in [0.25, 0.3) is 0 Å². The van der Waals surface area contributed by atoms with Gasteiger partial charge in [-0.15, -0.1) is 0 Å². The summed E-state index contributed by atoms with van der Waals surface area (Å²) >= 11 is 0. The first-order chi connectivity index (χ1) is 12.7. The van der Waals surface area contributed by atoms with E-state index in [0.717, 1.165) is 13.0 Å². The van der Waals surface area contributed by atoms with E-state index in [1.54, 1.807) is 0 Å². The summed E-state index contributed by atoms with van der Waals surface area (Å²) in [5.74, 6) is 0. The summed E-state index contributed by atoms with van der Waals surface area (Å²) in [6, 6.07) is 0. The van der Waals surface area contributed by atoms with E-state index in [1.807, 2.05) is 19.0 Å². The van der Waals surface area contributed by atoms with Crippen molar-refractivity contribution >= 4 is 0 Å². The van der Waals surface area contributed by atoms with E-state index < -0.39 is 0 Å². The molecular weight excluding hydrogens is 322 g/mol. The zero-order valence-corrected chi connectivity index (χ0v) is 18.1. The molecule has 0 bridgehead atoms.